The van der Waals surface area contributed by atoms with E-state index in [1.54, 1.807) is 12.3 Å². The molecule has 6 heteroatoms. The van der Waals surface area contributed by atoms with Gasteiger partial charge in [0.05, 0.1) is 22.4 Å². The van der Waals surface area contributed by atoms with Crippen molar-refractivity contribution in [3.63, 3.8) is 0 Å². The Hall–Kier alpha value is -1.56. The summed E-state index contributed by atoms with van der Waals surface area (Å²) in [5.74, 6) is -1.04. The van der Waals surface area contributed by atoms with Crippen LogP contribution in [0.5, 0.6) is 0 Å². The number of benzene rings is 1. The van der Waals surface area contributed by atoms with Gasteiger partial charge in [0.25, 0.3) is 0 Å². The zero-order valence-electron chi connectivity index (χ0n) is 8.62. The quantitative estimate of drug-likeness (QED) is 0.885. The number of hydrogen-bond donors (Lipinski definition) is 1. The highest BCUT2D eigenvalue weighted by Gasteiger charge is 2.07. The van der Waals surface area contributed by atoms with Crippen molar-refractivity contribution >= 4 is 21.6 Å². The van der Waals surface area contributed by atoms with Crippen LogP contribution in [-0.4, -0.2) is 9.97 Å². The van der Waals surface area contributed by atoms with E-state index < -0.39 is 11.6 Å². The monoisotopic (exact) mass is 299 g/mol. The van der Waals surface area contributed by atoms with E-state index in [4.69, 9.17) is 0 Å². The molecule has 0 saturated heterocycles. The van der Waals surface area contributed by atoms with E-state index in [1.807, 2.05) is 0 Å². The maximum absolute atomic E-state index is 13.4. The maximum Gasteiger partial charge on any atom is 0.147 e. The fraction of sp³-hybridized carbons (Fsp3) is 0.0909. The van der Waals surface area contributed by atoms with Gasteiger partial charge >= 0.3 is 0 Å². The molecule has 1 aromatic carbocycles. The van der Waals surface area contributed by atoms with Gasteiger partial charge < -0.3 is 5.32 Å². The number of rotatable bonds is 3. The lowest BCUT2D eigenvalue weighted by atomic mass is 10.3. The van der Waals surface area contributed by atoms with Gasteiger partial charge in [0.15, 0.2) is 0 Å². The van der Waals surface area contributed by atoms with Crippen LogP contribution in [0.2, 0.25) is 0 Å². The summed E-state index contributed by atoms with van der Waals surface area (Å²) >= 11 is 2.91. The Morgan fingerprint density at radius 1 is 1.24 bits per heavy atom. The Balaban J connectivity index is 2.12. The second kappa shape index (κ2) is 5.18. The van der Waals surface area contributed by atoms with E-state index in [1.165, 1.54) is 6.33 Å². The van der Waals surface area contributed by atoms with Gasteiger partial charge in [-0.05, 0) is 28.1 Å². The first-order valence-corrected chi connectivity index (χ1v) is 5.59. The van der Waals surface area contributed by atoms with E-state index in [2.05, 4.69) is 31.2 Å². The maximum atomic E-state index is 13.4. The molecule has 2 aromatic rings. The van der Waals surface area contributed by atoms with Gasteiger partial charge in [0, 0.05) is 12.3 Å². The molecule has 0 unspecified atom stereocenters. The first kappa shape index (κ1) is 11.9. The summed E-state index contributed by atoms with van der Waals surface area (Å²) in [4.78, 5) is 7.73. The topological polar surface area (TPSA) is 37.8 Å². The zero-order valence-corrected chi connectivity index (χ0v) is 10.2. The van der Waals surface area contributed by atoms with Gasteiger partial charge in [-0.25, -0.2) is 18.7 Å². The average Bonchev–Trinajstić information content (AvgIpc) is 2.33. The summed E-state index contributed by atoms with van der Waals surface area (Å²) in [5.41, 5.74) is 0.798. The Morgan fingerprint density at radius 2 is 2.06 bits per heavy atom. The van der Waals surface area contributed by atoms with Crippen molar-refractivity contribution < 1.29 is 8.78 Å². The molecule has 1 aromatic heterocycles. The van der Waals surface area contributed by atoms with Crippen LogP contribution in [-0.2, 0) is 6.54 Å². The van der Waals surface area contributed by atoms with Gasteiger partial charge in [-0.3, -0.25) is 0 Å². The number of halogens is 3. The molecule has 0 atom stereocenters. The highest BCUT2D eigenvalue weighted by Crippen LogP contribution is 2.23. The second-order valence-corrected chi connectivity index (χ2v) is 4.15. The normalized spacial score (nSPS) is 10.3. The third kappa shape index (κ3) is 2.97. The lowest BCUT2D eigenvalue weighted by Crippen LogP contribution is -2.04. The Labute approximate surface area is 105 Å². The van der Waals surface area contributed by atoms with Crippen LogP contribution in [0.3, 0.4) is 0 Å². The fourth-order valence-electron chi connectivity index (χ4n) is 1.27. The molecule has 0 saturated carbocycles. The second-order valence-electron chi connectivity index (χ2n) is 3.30. The minimum Gasteiger partial charge on any atom is -0.377 e. The van der Waals surface area contributed by atoms with Crippen LogP contribution >= 0.6 is 15.9 Å². The smallest absolute Gasteiger partial charge is 0.147 e. The molecule has 0 amide bonds. The van der Waals surface area contributed by atoms with Gasteiger partial charge in [-0.2, -0.15) is 0 Å². The molecule has 0 fully saturated rings. The van der Waals surface area contributed by atoms with Crippen LogP contribution in [0.25, 0.3) is 0 Å². The van der Waals surface area contributed by atoms with Crippen molar-refractivity contribution in [2.24, 2.45) is 0 Å². The summed E-state index contributed by atoms with van der Waals surface area (Å²) in [6.07, 6.45) is 2.98. The minimum atomic E-state index is -0.521. The van der Waals surface area contributed by atoms with E-state index in [0.29, 0.717) is 12.2 Å². The third-order valence-electron chi connectivity index (χ3n) is 2.11. The molecule has 0 radical (unpaired) electrons. The van der Waals surface area contributed by atoms with Crippen LogP contribution in [0.1, 0.15) is 5.69 Å². The Kier molecular flexibility index (Phi) is 3.63. The first-order chi connectivity index (χ1) is 8.16. The fourth-order valence-corrected chi connectivity index (χ4v) is 1.58. The predicted octanol–water partition coefficient (Wildman–Crippen LogP) is 3.13. The molecule has 17 heavy (non-hydrogen) atoms. The van der Waals surface area contributed by atoms with Crippen molar-refractivity contribution in [1.82, 2.24) is 9.97 Å². The Bertz CT molecular complexity index is 520. The molecule has 88 valence electrons. The molecule has 0 bridgehead atoms. The zero-order chi connectivity index (χ0) is 12.3. The summed E-state index contributed by atoms with van der Waals surface area (Å²) in [5, 5.41) is 2.77. The molecule has 1 N–H and O–H groups in total. The molecule has 1 heterocycles. The molecule has 0 spiro atoms. The summed E-state index contributed by atoms with van der Waals surface area (Å²) in [7, 11) is 0. The van der Waals surface area contributed by atoms with E-state index in [0.717, 1.165) is 12.1 Å². The molecule has 0 aliphatic heterocycles. The van der Waals surface area contributed by atoms with Crippen LogP contribution in [0.15, 0.2) is 35.2 Å². The standard InChI is InChI=1S/C11H8BrF2N3/c12-8-3-10(14)11(4-9(8)13)16-5-7-1-2-15-6-17-7/h1-4,6,16H,5H2. The lowest BCUT2D eigenvalue weighted by Gasteiger charge is -2.07. The largest absolute Gasteiger partial charge is 0.377 e. The van der Waals surface area contributed by atoms with Crippen molar-refractivity contribution in [2.45, 2.75) is 6.54 Å². The summed E-state index contributed by atoms with van der Waals surface area (Å²) < 4.78 is 26.7. The minimum absolute atomic E-state index is 0.0996. The van der Waals surface area contributed by atoms with E-state index >= 15 is 0 Å². The van der Waals surface area contributed by atoms with Gasteiger partial charge in [0.1, 0.15) is 18.0 Å². The number of aromatic nitrogens is 2. The van der Waals surface area contributed by atoms with Gasteiger partial charge in [0.2, 0.25) is 0 Å². The molecular formula is C11H8BrF2N3. The van der Waals surface area contributed by atoms with Crippen LogP contribution in [0, 0.1) is 11.6 Å². The number of nitrogens with one attached hydrogen (secondary N) is 1. The van der Waals surface area contributed by atoms with Gasteiger partial charge in [-0.1, -0.05) is 0 Å². The predicted molar refractivity (Wildman–Crippen MR) is 63.4 cm³/mol. The van der Waals surface area contributed by atoms with Crippen molar-refractivity contribution in [3.05, 3.63) is 52.5 Å². The number of anilines is 1. The Morgan fingerprint density at radius 3 is 2.76 bits per heavy atom. The van der Waals surface area contributed by atoms with Gasteiger partial charge in [-0.15, -0.1) is 0 Å². The molecule has 0 aliphatic rings. The highest BCUT2D eigenvalue weighted by atomic mass is 79.9. The number of nitrogens with zero attached hydrogens (tertiary/aromatic N) is 2. The first-order valence-electron chi connectivity index (χ1n) is 4.80. The summed E-state index contributed by atoms with van der Waals surface area (Å²) in [6, 6.07) is 3.87. The van der Waals surface area contributed by atoms with Crippen molar-refractivity contribution in [1.29, 1.82) is 0 Å². The third-order valence-corrected chi connectivity index (χ3v) is 2.72. The van der Waals surface area contributed by atoms with E-state index in [-0.39, 0.29) is 10.2 Å². The van der Waals surface area contributed by atoms with Crippen molar-refractivity contribution in [3.8, 4) is 0 Å². The number of hydrogen-bond acceptors (Lipinski definition) is 3. The van der Waals surface area contributed by atoms with Crippen molar-refractivity contribution in [2.75, 3.05) is 5.32 Å². The van der Waals surface area contributed by atoms with Crippen LogP contribution < -0.4 is 5.32 Å². The summed E-state index contributed by atoms with van der Waals surface area (Å²) in [6.45, 7) is 0.306. The lowest BCUT2D eigenvalue weighted by molar-refractivity contribution is 0.596. The SMILES string of the molecule is Fc1cc(NCc2ccncn2)c(F)cc1Br. The molecule has 0 aliphatic carbocycles. The molecular weight excluding hydrogens is 292 g/mol. The highest BCUT2D eigenvalue weighted by molar-refractivity contribution is 9.10. The molecule has 2 rings (SSSR count). The van der Waals surface area contributed by atoms with Crippen LogP contribution in [0.4, 0.5) is 14.5 Å². The molecule has 3 nitrogen and oxygen atoms in total. The average molecular weight is 300 g/mol. The van der Waals surface area contributed by atoms with E-state index in [9.17, 15) is 8.78 Å².